The van der Waals surface area contributed by atoms with Crippen LogP contribution < -0.4 is 0 Å². The van der Waals surface area contributed by atoms with E-state index in [9.17, 15) is 0 Å². The van der Waals surface area contributed by atoms with Crippen LogP contribution in [0.1, 0.15) is 18.2 Å². The van der Waals surface area contributed by atoms with Crippen molar-refractivity contribution in [3.63, 3.8) is 0 Å². The molecule has 2 nitrogen and oxygen atoms in total. The average molecular weight is 425 g/mol. The lowest BCUT2D eigenvalue weighted by molar-refractivity contribution is 1.10. The molecule has 0 spiro atoms. The van der Waals surface area contributed by atoms with Crippen molar-refractivity contribution in [2.24, 2.45) is 0 Å². The number of nitrogens with one attached hydrogen (secondary N) is 1. The van der Waals surface area contributed by atoms with Crippen LogP contribution in [0.3, 0.4) is 0 Å². The highest BCUT2D eigenvalue weighted by atomic mass is 15.0. The molecule has 0 saturated heterocycles. The molecule has 2 aromatic heterocycles. The third kappa shape index (κ3) is 2.95. The molecule has 1 N–H and O–H groups in total. The first-order valence-corrected chi connectivity index (χ1v) is 11.3. The fourth-order valence-corrected chi connectivity index (χ4v) is 5.03. The van der Waals surface area contributed by atoms with Gasteiger partial charge in [0.25, 0.3) is 0 Å². The molecular weight excluding hydrogens is 400 g/mol. The van der Waals surface area contributed by atoms with Gasteiger partial charge in [-0.15, -0.1) is 0 Å². The number of benzene rings is 4. The molecule has 4 aromatic carbocycles. The van der Waals surface area contributed by atoms with Gasteiger partial charge in [-0.25, -0.2) is 0 Å². The van der Waals surface area contributed by atoms with Gasteiger partial charge in [0, 0.05) is 38.4 Å². The summed E-state index contributed by atoms with van der Waals surface area (Å²) in [6.07, 6.45) is 6.23. The normalized spacial score (nSPS) is 11.8. The van der Waals surface area contributed by atoms with E-state index >= 15 is 0 Å². The standard InChI is InChI=1S/C31H24N2/c1-3-11-29-23(4-2)25-19-18-21(20-30(25)33(29)22-12-6-5-7-13-22)24-15-10-17-28-31(24)26-14-8-9-16-27(26)32-28/h3-20,32H,2H2,1H3/b11-3-. The van der Waals surface area contributed by atoms with E-state index in [-0.39, 0.29) is 0 Å². The fourth-order valence-electron chi connectivity index (χ4n) is 5.03. The Morgan fingerprint density at radius 2 is 1.58 bits per heavy atom. The maximum Gasteiger partial charge on any atom is 0.0547 e. The van der Waals surface area contributed by atoms with Gasteiger partial charge in [-0.05, 0) is 54.5 Å². The molecule has 0 atom stereocenters. The van der Waals surface area contributed by atoms with Crippen LogP contribution in [0.25, 0.3) is 61.7 Å². The average Bonchev–Trinajstić information content (AvgIpc) is 3.39. The third-order valence-electron chi connectivity index (χ3n) is 6.43. The summed E-state index contributed by atoms with van der Waals surface area (Å²) in [7, 11) is 0. The number of allylic oxidation sites excluding steroid dienone is 1. The number of nitrogens with zero attached hydrogens (tertiary/aromatic N) is 1. The summed E-state index contributed by atoms with van der Waals surface area (Å²) >= 11 is 0. The minimum Gasteiger partial charge on any atom is -0.354 e. The second-order valence-corrected chi connectivity index (χ2v) is 8.30. The van der Waals surface area contributed by atoms with Crippen molar-refractivity contribution in [3.8, 4) is 16.8 Å². The van der Waals surface area contributed by atoms with Crippen molar-refractivity contribution in [1.82, 2.24) is 9.55 Å². The van der Waals surface area contributed by atoms with Crippen LogP contribution in [0.4, 0.5) is 0 Å². The van der Waals surface area contributed by atoms with Crippen molar-refractivity contribution >= 4 is 44.9 Å². The summed E-state index contributed by atoms with van der Waals surface area (Å²) in [5.41, 5.74) is 9.40. The van der Waals surface area contributed by atoms with Gasteiger partial charge in [0.15, 0.2) is 0 Å². The Labute approximate surface area is 193 Å². The Morgan fingerprint density at radius 1 is 0.788 bits per heavy atom. The number of aromatic nitrogens is 2. The number of hydrogen-bond donors (Lipinski definition) is 1. The van der Waals surface area contributed by atoms with Crippen LogP contribution in [-0.4, -0.2) is 9.55 Å². The highest BCUT2D eigenvalue weighted by Gasteiger charge is 2.17. The molecule has 6 aromatic rings. The van der Waals surface area contributed by atoms with E-state index in [4.69, 9.17) is 0 Å². The van der Waals surface area contributed by atoms with Gasteiger partial charge in [-0.2, -0.15) is 0 Å². The van der Waals surface area contributed by atoms with Crippen molar-refractivity contribution in [3.05, 3.63) is 115 Å². The molecule has 2 heteroatoms. The van der Waals surface area contributed by atoms with E-state index in [0.29, 0.717) is 0 Å². The molecule has 0 bridgehead atoms. The summed E-state index contributed by atoms with van der Waals surface area (Å²) < 4.78 is 2.34. The van der Waals surface area contributed by atoms with Gasteiger partial charge >= 0.3 is 0 Å². The monoisotopic (exact) mass is 424 g/mol. The predicted molar refractivity (Wildman–Crippen MR) is 143 cm³/mol. The van der Waals surface area contributed by atoms with Crippen molar-refractivity contribution in [2.45, 2.75) is 6.92 Å². The smallest absolute Gasteiger partial charge is 0.0547 e. The number of fused-ring (bicyclic) bond motifs is 4. The lowest BCUT2D eigenvalue weighted by Crippen LogP contribution is -1.96. The highest BCUT2D eigenvalue weighted by molar-refractivity contribution is 6.14. The SMILES string of the molecule is C=Cc1c(/C=C\C)n(-c2ccccc2)c2cc(-c3cccc4[nH]c5ccccc5c34)ccc12. The van der Waals surface area contributed by atoms with Crippen LogP contribution in [0.2, 0.25) is 0 Å². The number of aromatic amines is 1. The second-order valence-electron chi connectivity index (χ2n) is 8.30. The lowest BCUT2D eigenvalue weighted by Gasteiger charge is -2.10. The zero-order chi connectivity index (χ0) is 22.4. The first-order chi connectivity index (χ1) is 16.3. The molecule has 0 saturated carbocycles. The minimum absolute atomic E-state index is 1.14. The summed E-state index contributed by atoms with van der Waals surface area (Å²) in [6.45, 7) is 6.19. The molecule has 0 aliphatic rings. The Balaban J connectivity index is 1.70. The first kappa shape index (κ1) is 19.4. The van der Waals surface area contributed by atoms with Crippen LogP contribution in [-0.2, 0) is 0 Å². The lowest BCUT2D eigenvalue weighted by atomic mass is 9.98. The van der Waals surface area contributed by atoms with Crippen molar-refractivity contribution in [2.75, 3.05) is 0 Å². The maximum atomic E-state index is 4.13. The Bertz CT molecular complexity index is 1680. The molecule has 0 aliphatic carbocycles. The second kappa shape index (κ2) is 7.68. The molecule has 0 amide bonds. The topological polar surface area (TPSA) is 20.7 Å². The Kier molecular flexibility index (Phi) is 4.51. The van der Waals surface area contributed by atoms with Gasteiger partial charge in [0.05, 0.1) is 11.2 Å². The van der Waals surface area contributed by atoms with Gasteiger partial charge in [-0.1, -0.05) is 79.4 Å². The third-order valence-corrected chi connectivity index (χ3v) is 6.43. The summed E-state index contributed by atoms with van der Waals surface area (Å²) in [5.74, 6) is 0. The summed E-state index contributed by atoms with van der Waals surface area (Å²) in [4.78, 5) is 3.57. The van der Waals surface area contributed by atoms with E-state index in [1.54, 1.807) is 0 Å². The molecular formula is C31H24N2. The molecule has 2 heterocycles. The molecule has 33 heavy (non-hydrogen) atoms. The Hall–Kier alpha value is -4.30. The van der Waals surface area contributed by atoms with E-state index in [1.165, 1.54) is 32.8 Å². The number of hydrogen-bond acceptors (Lipinski definition) is 0. The fraction of sp³-hybridized carbons (Fsp3) is 0.0323. The van der Waals surface area contributed by atoms with Crippen LogP contribution >= 0.6 is 0 Å². The van der Waals surface area contributed by atoms with Gasteiger partial charge in [0.1, 0.15) is 0 Å². The van der Waals surface area contributed by atoms with Gasteiger partial charge in [0.2, 0.25) is 0 Å². The molecule has 0 unspecified atom stereocenters. The predicted octanol–water partition coefficient (Wildman–Crippen LogP) is 8.61. The van der Waals surface area contributed by atoms with E-state index < -0.39 is 0 Å². The number of para-hydroxylation sites is 2. The van der Waals surface area contributed by atoms with Crippen molar-refractivity contribution in [1.29, 1.82) is 0 Å². The summed E-state index contributed by atoms with van der Waals surface area (Å²) in [5, 5.41) is 3.72. The summed E-state index contributed by atoms with van der Waals surface area (Å²) in [6, 6.07) is 32.4. The minimum atomic E-state index is 1.14. The van der Waals surface area contributed by atoms with Crippen LogP contribution in [0, 0.1) is 0 Å². The maximum absolute atomic E-state index is 4.13. The zero-order valence-electron chi connectivity index (χ0n) is 18.5. The zero-order valence-corrected chi connectivity index (χ0v) is 18.5. The molecule has 0 radical (unpaired) electrons. The number of H-pyrrole nitrogens is 1. The highest BCUT2D eigenvalue weighted by Crippen LogP contribution is 2.38. The number of rotatable bonds is 4. The van der Waals surface area contributed by atoms with E-state index in [0.717, 1.165) is 28.0 Å². The molecule has 158 valence electrons. The van der Waals surface area contributed by atoms with Gasteiger partial charge in [-0.3, -0.25) is 0 Å². The van der Waals surface area contributed by atoms with E-state index in [2.05, 4.69) is 126 Å². The van der Waals surface area contributed by atoms with E-state index in [1.807, 2.05) is 6.08 Å². The molecule has 0 fully saturated rings. The van der Waals surface area contributed by atoms with Crippen LogP contribution in [0.5, 0.6) is 0 Å². The molecule has 6 rings (SSSR count). The van der Waals surface area contributed by atoms with Crippen molar-refractivity contribution < 1.29 is 0 Å². The van der Waals surface area contributed by atoms with Gasteiger partial charge < -0.3 is 9.55 Å². The first-order valence-electron chi connectivity index (χ1n) is 11.3. The molecule has 0 aliphatic heterocycles. The largest absolute Gasteiger partial charge is 0.354 e. The quantitative estimate of drug-likeness (QED) is 0.292. The van der Waals surface area contributed by atoms with Crippen LogP contribution in [0.15, 0.2) is 104 Å². The Morgan fingerprint density at radius 3 is 2.39 bits per heavy atom.